The van der Waals surface area contributed by atoms with Gasteiger partial charge in [-0.1, -0.05) is 6.58 Å². The van der Waals surface area contributed by atoms with E-state index in [1.54, 1.807) is 6.92 Å². The third-order valence-electron chi connectivity index (χ3n) is 3.26. The molecule has 152 valence electrons. The van der Waals surface area contributed by atoms with Crippen LogP contribution in [-0.4, -0.2) is 60.3 Å². The summed E-state index contributed by atoms with van der Waals surface area (Å²) in [4.78, 5) is 22.8. The van der Waals surface area contributed by atoms with Crippen molar-refractivity contribution in [2.75, 3.05) is 39.5 Å². The molecule has 9 heteroatoms. The monoisotopic (exact) mass is 390 g/mol. The minimum atomic E-state index is -2.60. The fourth-order valence-corrected chi connectivity index (χ4v) is 4.85. The van der Waals surface area contributed by atoms with E-state index < -0.39 is 14.8 Å². The Labute approximate surface area is 158 Å². The molecular weight excluding hydrogens is 356 g/mol. The highest BCUT2D eigenvalue weighted by atomic mass is 28.4. The molecule has 0 aromatic heterocycles. The molecule has 26 heavy (non-hydrogen) atoms. The molecule has 0 aliphatic rings. The van der Waals surface area contributed by atoms with E-state index in [1.807, 2.05) is 20.8 Å². The molecule has 0 aliphatic carbocycles. The summed E-state index contributed by atoms with van der Waals surface area (Å²) in [5, 5.41) is 5.38. The molecule has 2 amide bonds. The predicted molar refractivity (Wildman–Crippen MR) is 102 cm³/mol. The van der Waals surface area contributed by atoms with Crippen molar-refractivity contribution >= 4 is 20.8 Å². The van der Waals surface area contributed by atoms with Crippen LogP contribution in [0.25, 0.3) is 0 Å². The summed E-state index contributed by atoms with van der Waals surface area (Å²) in [6.45, 7) is 13.4. The fourth-order valence-electron chi connectivity index (χ4n) is 2.16. The van der Waals surface area contributed by atoms with Gasteiger partial charge in [0.1, 0.15) is 6.61 Å². The number of carbonyl (C=O) groups excluding carboxylic acids is 2. The molecule has 0 spiro atoms. The maximum atomic E-state index is 11.6. The van der Waals surface area contributed by atoms with E-state index in [9.17, 15) is 9.59 Å². The summed E-state index contributed by atoms with van der Waals surface area (Å²) < 4.78 is 22.2. The number of urea groups is 1. The van der Waals surface area contributed by atoms with Gasteiger partial charge in [0, 0.05) is 38.0 Å². The number of nitrogens with one attached hydrogen (secondary N) is 2. The van der Waals surface area contributed by atoms with Gasteiger partial charge in [0.15, 0.2) is 0 Å². The summed E-state index contributed by atoms with van der Waals surface area (Å²) in [6, 6.07) is 0.433. The molecule has 2 N–H and O–H groups in total. The summed E-state index contributed by atoms with van der Waals surface area (Å²) >= 11 is 0. The molecule has 0 aromatic carbocycles. The minimum Gasteiger partial charge on any atom is -0.460 e. The zero-order valence-electron chi connectivity index (χ0n) is 16.5. The number of ether oxygens (including phenoxy) is 1. The first kappa shape index (κ1) is 24.6. The van der Waals surface area contributed by atoms with Gasteiger partial charge in [-0.2, -0.15) is 0 Å². The van der Waals surface area contributed by atoms with Crippen LogP contribution < -0.4 is 10.6 Å². The van der Waals surface area contributed by atoms with E-state index in [2.05, 4.69) is 17.2 Å². The Morgan fingerprint density at radius 3 is 1.96 bits per heavy atom. The van der Waals surface area contributed by atoms with Gasteiger partial charge in [-0.3, -0.25) is 0 Å². The van der Waals surface area contributed by atoms with Gasteiger partial charge in [0.25, 0.3) is 0 Å². The van der Waals surface area contributed by atoms with Crippen LogP contribution in [0.15, 0.2) is 12.2 Å². The first-order chi connectivity index (χ1) is 12.4. The number of unbranched alkanes of at least 4 members (excludes halogenated alkanes) is 1. The van der Waals surface area contributed by atoms with E-state index in [4.69, 9.17) is 18.0 Å². The summed E-state index contributed by atoms with van der Waals surface area (Å²) in [5.41, 5.74) is 0.334. The van der Waals surface area contributed by atoms with E-state index in [1.165, 1.54) is 0 Å². The van der Waals surface area contributed by atoms with Crippen LogP contribution in [0.4, 0.5) is 4.79 Å². The Morgan fingerprint density at radius 1 is 0.923 bits per heavy atom. The van der Waals surface area contributed by atoms with E-state index >= 15 is 0 Å². The van der Waals surface area contributed by atoms with Gasteiger partial charge in [-0.25, -0.2) is 9.59 Å². The van der Waals surface area contributed by atoms with E-state index in [0.717, 1.165) is 18.9 Å². The first-order valence-corrected chi connectivity index (χ1v) is 11.1. The summed E-state index contributed by atoms with van der Waals surface area (Å²) in [5.74, 6) is -0.460. The zero-order chi connectivity index (χ0) is 19.8. The number of amides is 2. The molecule has 0 aromatic rings. The second kappa shape index (κ2) is 14.7. The molecule has 0 bridgehead atoms. The average Bonchev–Trinajstić information content (AvgIpc) is 2.58. The topological polar surface area (TPSA) is 95.1 Å². The predicted octanol–water partition coefficient (Wildman–Crippen LogP) is 2.23. The van der Waals surface area contributed by atoms with Crippen molar-refractivity contribution < 1.29 is 27.6 Å². The first-order valence-electron chi connectivity index (χ1n) is 9.16. The smallest absolute Gasteiger partial charge is 0.460 e. The minimum absolute atomic E-state index is 0.115. The van der Waals surface area contributed by atoms with Crippen molar-refractivity contribution in [2.45, 2.75) is 46.6 Å². The maximum Gasteiger partial charge on any atom is 0.500 e. The molecule has 0 unspecified atom stereocenters. The highest BCUT2D eigenvalue weighted by molar-refractivity contribution is 6.60. The van der Waals surface area contributed by atoms with Crippen LogP contribution in [0.2, 0.25) is 6.04 Å². The second-order valence-electron chi connectivity index (χ2n) is 5.54. The van der Waals surface area contributed by atoms with Crippen LogP contribution in [0.5, 0.6) is 0 Å². The standard InChI is InChI=1S/C17H34N2O6Si/c1-6-23-26(24-7-2,25-8-3)14-10-9-11-18-17(21)19-12-13-22-16(20)15(4)5/h4,6-14H2,1-3,5H3,(H2,18,19,21). The molecule has 0 aliphatic heterocycles. The lowest BCUT2D eigenvalue weighted by molar-refractivity contribution is -0.138. The third-order valence-corrected chi connectivity index (χ3v) is 6.41. The largest absolute Gasteiger partial charge is 0.500 e. The molecule has 0 atom stereocenters. The van der Waals surface area contributed by atoms with Gasteiger partial charge in [0.05, 0.1) is 6.54 Å². The molecule has 0 fully saturated rings. The van der Waals surface area contributed by atoms with Crippen molar-refractivity contribution in [3.8, 4) is 0 Å². The van der Waals surface area contributed by atoms with Gasteiger partial charge in [0.2, 0.25) is 0 Å². The third kappa shape index (κ3) is 11.2. The van der Waals surface area contributed by atoms with Crippen molar-refractivity contribution in [2.24, 2.45) is 0 Å². The highest BCUT2D eigenvalue weighted by Crippen LogP contribution is 2.19. The number of rotatable bonds is 15. The van der Waals surface area contributed by atoms with Gasteiger partial charge in [-0.15, -0.1) is 0 Å². The van der Waals surface area contributed by atoms with E-state index in [0.29, 0.717) is 31.9 Å². The molecule has 0 saturated carbocycles. The highest BCUT2D eigenvalue weighted by Gasteiger charge is 2.39. The van der Waals surface area contributed by atoms with Crippen molar-refractivity contribution in [1.29, 1.82) is 0 Å². The Morgan fingerprint density at radius 2 is 1.46 bits per heavy atom. The van der Waals surface area contributed by atoms with Crippen LogP contribution in [0.3, 0.4) is 0 Å². The van der Waals surface area contributed by atoms with E-state index in [-0.39, 0.29) is 19.2 Å². The SMILES string of the molecule is C=C(C)C(=O)OCCNC(=O)NCCCC[Si](OCC)(OCC)OCC. The molecule has 0 saturated heterocycles. The van der Waals surface area contributed by atoms with Crippen molar-refractivity contribution in [1.82, 2.24) is 10.6 Å². The number of carbonyl (C=O) groups is 2. The Balaban J connectivity index is 3.93. The maximum absolute atomic E-state index is 11.6. The van der Waals surface area contributed by atoms with Crippen molar-refractivity contribution in [3.63, 3.8) is 0 Å². The van der Waals surface area contributed by atoms with Gasteiger partial charge < -0.3 is 28.6 Å². The van der Waals surface area contributed by atoms with Crippen molar-refractivity contribution in [3.05, 3.63) is 12.2 Å². The Kier molecular flexibility index (Phi) is 13.9. The normalized spacial score (nSPS) is 11.1. The lowest BCUT2D eigenvalue weighted by Gasteiger charge is -2.28. The van der Waals surface area contributed by atoms with Crippen LogP contribution in [-0.2, 0) is 22.8 Å². The van der Waals surface area contributed by atoms with Crippen LogP contribution in [0.1, 0.15) is 40.5 Å². The van der Waals surface area contributed by atoms with Crippen LogP contribution in [0, 0.1) is 0 Å². The average molecular weight is 391 g/mol. The summed E-state index contributed by atoms with van der Waals surface area (Å²) in [7, 11) is -2.60. The van der Waals surface area contributed by atoms with Gasteiger partial charge >= 0.3 is 20.8 Å². The quantitative estimate of drug-likeness (QED) is 0.193. The lowest BCUT2D eigenvalue weighted by atomic mass is 10.3. The zero-order valence-corrected chi connectivity index (χ0v) is 17.5. The molecule has 0 heterocycles. The molecule has 8 nitrogen and oxygen atoms in total. The second-order valence-corrected chi connectivity index (χ2v) is 8.27. The number of esters is 1. The molecular formula is C17H34N2O6Si. The lowest BCUT2D eigenvalue weighted by Crippen LogP contribution is -2.46. The number of hydrogen-bond donors (Lipinski definition) is 2. The molecule has 0 radical (unpaired) electrons. The fraction of sp³-hybridized carbons (Fsp3) is 0.765. The van der Waals surface area contributed by atoms with Crippen LogP contribution >= 0.6 is 0 Å². The number of hydrogen-bond acceptors (Lipinski definition) is 6. The summed E-state index contributed by atoms with van der Waals surface area (Å²) in [6.07, 6.45) is 1.63. The Hall–Kier alpha value is -1.42. The Bertz CT molecular complexity index is 416. The molecule has 0 rings (SSSR count). The van der Waals surface area contributed by atoms with Gasteiger partial charge in [-0.05, 0) is 40.5 Å².